The van der Waals surface area contributed by atoms with E-state index in [-0.39, 0.29) is 17.2 Å². The predicted molar refractivity (Wildman–Crippen MR) is 141 cm³/mol. The number of Topliss-reactive ketones (excluding diaryl/α,β-unsaturated/α-hetero) is 1. The zero-order chi connectivity index (χ0) is 24.6. The summed E-state index contributed by atoms with van der Waals surface area (Å²) in [5.74, 6) is -0.331. The third kappa shape index (κ3) is 4.09. The molecule has 2 aliphatic rings. The molecule has 180 valence electrons. The van der Waals surface area contributed by atoms with Crippen LogP contribution in [-0.2, 0) is 12.8 Å². The van der Waals surface area contributed by atoms with E-state index in [1.54, 1.807) is 18.2 Å². The van der Waals surface area contributed by atoms with Gasteiger partial charge in [0.05, 0.1) is 5.69 Å². The second-order valence-corrected chi connectivity index (χ2v) is 9.48. The highest BCUT2D eigenvalue weighted by atomic mass is 16.3. The van der Waals surface area contributed by atoms with E-state index in [4.69, 9.17) is 9.41 Å². The molecule has 0 radical (unpaired) electrons. The standard InChI is InChI=1S/C30H27N3O3/c1-19(34)20-8-5-12-24(17-20)32-30-26(29(35)31-23-10-3-2-4-11-23)18-22-16-21-9-6-14-33-15-7-13-25(27(21)33)28(22)36-30/h2-5,8,10-12,16-18H,6-7,9,13-15H2,1H3,(H,31,35). The molecule has 0 aliphatic carbocycles. The van der Waals surface area contributed by atoms with E-state index in [9.17, 15) is 9.59 Å². The van der Waals surface area contributed by atoms with E-state index in [0.717, 1.165) is 49.7 Å². The van der Waals surface area contributed by atoms with Crippen molar-refractivity contribution in [3.8, 4) is 0 Å². The molecule has 0 bridgehead atoms. The van der Waals surface area contributed by atoms with Crippen LogP contribution in [0.25, 0.3) is 11.0 Å². The number of nitrogens with one attached hydrogen (secondary N) is 1. The number of rotatable bonds is 4. The molecule has 0 unspecified atom stereocenters. The minimum atomic E-state index is -0.290. The fraction of sp³-hybridized carbons (Fsp3) is 0.233. The number of hydrogen-bond donors (Lipinski definition) is 1. The van der Waals surface area contributed by atoms with E-state index >= 15 is 0 Å². The summed E-state index contributed by atoms with van der Waals surface area (Å²) in [6, 6.07) is 20.5. The Labute approximate surface area is 209 Å². The molecule has 2 aliphatic heterocycles. The maximum atomic E-state index is 13.5. The molecule has 1 N–H and O–H groups in total. The van der Waals surface area contributed by atoms with E-state index in [2.05, 4.69) is 16.3 Å². The van der Waals surface area contributed by atoms with Crippen LogP contribution in [0, 0.1) is 0 Å². The number of carbonyl (C=O) groups excluding carboxylic acids is 2. The normalized spacial score (nSPS) is 15.0. The number of benzene rings is 3. The van der Waals surface area contributed by atoms with E-state index in [1.165, 1.54) is 23.7 Å². The van der Waals surface area contributed by atoms with Crippen LogP contribution in [0.2, 0.25) is 0 Å². The smallest absolute Gasteiger partial charge is 0.261 e. The summed E-state index contributed by atoms with van der Waals surface area (Å²) in [5, 5.41) is 3.89. The summed E-state index contributed by atoms with van der Waals surface area (Å²) in [6.07, 6.45) is 4.18. The van der Waals surface area contributed by atoms with Gasteiger partial charge < -0.3 is 14.6 Å². The largest absolute Gasteiger partial charge is 0.437 e. The Morgan fingerprint density at radius 1 is 0.944 bits per heavy atom. The number of amides is 1. The van der Waals surface area contributed by atoms with Crippen LogP contribution >= 0.6 is 0 Å². The summed E-state index contributed by atoms with van der Waals surface area (Å²) in [4.78, 5) is 32.6. The van der Waals surface area contributed by atoms with Crippen molar-refractivity contribution < 1.29 is 14.0 Å². The van der Waals surface area contributed by atoms with Crippen LogP contribution < -0.4 is 15.8 Å². The van der Waals surface area contributed by atoms with Crippen molar-refractivity contribution in [2.75, 3.05) is 23.3 Å². The molecule has 6 heteroatoms. The van der Waals surface area contributed by atoms with Gasteiger partial charge in [0, 0.05) is 41.0 Å². The average molecular weight is 478 g/mol. The lowest BCUT2D eigenvalue weighted by atomic mass is 9.90. The number of nitrogens with zero attached hydrogens (tertiary/aromatic N) is 2. The molecule has 6 rings (SSSR count). The van der Waals surface area contributed by atoms with Crippen molar-refractivity contribution in [1.82, 2.24) is 0 Å². The highest BCUT2D eigenvalue weighted by Gasteiger charge is 2.27. The number of hydrogen-bond acceptors (Lipinski definition) is 5. The quantitative estimate of drug-likeness (QED) is 0.376. The van der Waals surface area contributed by atoms with Crippen LogP contribution in [0.3, 0.4) is 0 Å². The Morgan fingerprint density at radius 3 is 2.56 bits per heavy atom. The lowest BCUT2D eigenvalue weighted by molar-refractivity contribution is 0.101. The van der Waals surface area contributed by atoms with Crippen molar-refractivity contribution in [2.24, 2.45) is 4.99 Å². The molecular weight excluding hydrogens is 450 g/mol. The van der Waals surface area contributed by atoms with Crippen LogP contribution in [-0.4, -0.2) is 24.8 Å². The van der Waals surface area contributed by atoms with Gasteiger partial charge in [-0.15, -0.1) is 0 Å². The molecular formula is C30H27N3O3. The first-order valence-electron chi connectivity index (χ1n) is 12.5. The number of ketones is 1. The van der Waals surface area contributed by atoms with Crippen LogP contribution in [0.5, 0.6) is 0 Å². The summed E-state index contributed by atoms with van der Waals surface area (Å²) in [5.41, 5.74) is 7.04. The van der Waals surface area contributed by atoms with E-state index < -0.39 is 0 Å². The maximum absolute atomic E-state index is 13.5. The maximum Gasteiger partial charge on any atom is 0.261 e. The number of para-hydroxylation sites is 1. The second kappa shape index (κ2) is 9.11. The first-order valence-corrected chi connectivity index (χ1v) is 12.5. The van der Waals surface area contributed by atoms with Crippen LogP contribution in [0.15, 0.2) is 76.1 Å². The Hall–Kier alpha value is -4.19. The number of aryl methyl sites for hydroxylation is 2. The van der Waals surface area contributed by atoms with Crippen LogP contribution in [0.4, 0.5) is 17.1 Å². The van der Waals surface area contributed by atoms with Gasteiger partial charge in [-0.3, -0.25) is 9.59 Å². The Balaban J connectivity index is 1.57. The molecule has 0 saturated heterocycles. The third-order valence-corrected chi connectivity index (χ3v) is 6.99. The van der Waals surface area contributed by atoms with Crippen molar-refractivity contribution in [1.29, 1.82) is 0 Å². The summed E-state index contributed by atoms with van der Waals surface area (Å²) < 4.78 is 6.49. The fourth-order valence-corrected chi connectivity index (χ4v) is 5.33. The molecule has 4 aromatic rings. The van der Waals surface area contributed by atoms with E-state index in [1.807, 2.05) is 42.5 Å². The summed E-state index contributed by atoms with van der Waals surface area (Å²) in [6.45, 7) is 3.66. The van der Waals surface area contributed by atoms with Crippen molar-refractivity contribution >= 4 is 39.7 Å². The summed E-state index contributed by atoms with van der Waals surface area (Å²) >= 11 is 0. The van der Waals surface area contributed by atoms with E-state index in [0.29, 0.717) is 22.5 Å². The average Bonchev–Trinajstić information content (AvgIpc) is 2.90. The molecule has 0 atom stereocenters. The molecule has 6 nitrogen and oxygen atoms in total. The molecule has 0 fully saturated rings. The summed E-state index contributed by atoms with van der Waals surface area (Å²) in [7, 11) is 0. The minimum Gasteiger partial charge on any atom is -0.437 e. The highest BCUT2D eigenvalue weighted by Crippen LogP contribution is 2.39. The lowest BCUT2D eigenvalue weighted by Gasteiger charge is -2.37. The first kappa shape index (κ1) is 22.3. The number of fused-ring (bicyclic) bond motifs is 2. The van der Waals surface area contributed by atoms with Gasteiger partial charge in [0.2, 0.25) is 5.55 Å². The van der Waals surface area contributed by atoms with Gasteiger partial charge in [-0.25, -0.2) is 4.99 Å². The first-order chi connectivity index (χ1) is 17.6. The highest BCUT2D eigenvalue weighted by molar-refractivity contribution is 6.06. The van der Waals surface area contributed by atoms with Gasteiger partial charge in [0.1, 0.15) is 11.1 Å². The second-order valence-electron chi connectivity index (χ2n) is 9.48. The molecule has 3 aromatic carbocycles. The lowest BCUT2D eigenvalue weighted by Crippen LogP contribution is -2.34. The zero-order valence-electron chi connectivity index (χ0n) is 20.2. The topological polar surface area (TPSA) is 74.9 Å². The molecule has 1 amide bonds. The number of anilines is 2. The monoisotopic (exact) mass is 477 g/mol. The Bertz CT molecular complexity index is 1570. The molecule has 36 heavy (non-hydrogen) atoms. The van der Waals surface area contributed by atoms with Gasteiger partial charge in [-0.2, -0.15) is 0 Å². The van der Waals surface area contributed by atoms with Crippen molar-refractivity contribution in [3.63, 3.8) is 0 Å². The molecule has 0 spiro atoms. The fourth-order valence-electron chi connectivity index (χ4n) is 5.33. The minimum absolute atomic E-state index is 0.0410. The Morgan fingerprint density at radius 2 is 1.75 bits per heavy atom. The van der Waals surface area contributed by atoms with Crippen molar-refractivity contribution in [2.45, 2.75) is 32.6 Å². The molecule has 0 saturated carbocycles. The molecule has 3 heterocycles. The van der Waals surface area contributed by atoms with Gasteiger partial charge in [0.25, 0.3) is 5.91 Å². The molecule has 1 aromatic heterocycles. The third-order valence-electron chi connectivity index (χ3n) is 6.99. The number of carbonyl (C=O) groups is 2. The van der Waals surface area contributed by atoms with Gasteiger partial charge >= 0.3 is 0 Å². The zero-order valence-corrected chi connectivity index (χ0v) is 20.2. The van der Waals surface area contributed by atoms with Gasteiger partial charge in [-0.05, 0) is 74.6 Å². The van der Waals surface area contributed by atoms with Crippen molar-refractivity contribution in [3.05, 3.63) is 94.5 Å². The predicted octanol–water partition coefficient (Wildman–Crippen LogP) is 5.82. The SMILES string of the molecule is CC(=O)c1cccc(N=c2oc3c4c5c(cc3cc2C(=O)Nc2ccccc2)CCCN5CCC4)c1. The van der Waals surface area contributed by atoms with Gasteiger partial charge in [0.15, 0.2) is 5.78 Å². The van der Waals surface area contributed by atoms with Gasteiger partial charge in [-0.1, -0.05) is 30.3 Å². The Kier molecular flexibility index (Phi) is 5.64. The van der Waals surface area contributed by atoms with Crippen LogP contribution in [0.1, 0.15) is 51.6 Å².